The van der Waals surface area contributed by atoms with Gasteiger partial charge in [0.15, 0.2) is 11.8 Å². The van der Waals surface area contributed by atoms with Crippen LogP contribution in [-0.2, 0) is 9.53 Å². The number of carbonyl (C=O) groups excluding carboxylic acids is 2. The summed E-state index contributed by atoms with van der Waals surface area (Å²) in [5, 5.41) is 4.49. The predicted octanol–water partition coefficient (Wildman–Crippen LogP) is 2.40. The third kappa shape index (κ3) is 3.87. The largest absolute Gasteiger partial charge is 0.464 e. The van der Waals surface area contributed by atoms with Gasteiger partial charge in [0.05, 0.1) is 11.6 Å². The first kappa shape index (κ1) is 19.9. The highest BCUT2D eigenvalue weighted by molar-refractivity contribution is 6.35. The Bertz CT molecular complexity index is 950. The first-order chi connectivity index (χ1) is 13.4. The number of aromatic nitrogens is 1. The molecule has 148 valence electrons. The van der Waals surface area contributed by atoms with Crippen molar-refractivity contribution in [3.63, 3.8) is 0 Å². The second kappa shape index (κ2) is 8.02. The van der Waals surface area contributed by atoms with Crippen LogP contribution in [0.3, 0.4) is 0 Å². The summed E-state index contributed by atoms with van der Waals surface area (Å²) in [6.07, 6.45) is 4.26. The molecule has 1 heterocycles. The van der Waals surface area contributed by atoms with E-state index in [0.29, 0.717) is 34.2 Å². The third-order valence-electron chi connectivity index (χ3n) is 4.79. The van der Waals surface area contributed by atoms with Crippen LogP contribution < -0.4 is 16.8 Å². The van der Waals surface area contributed by atoms with Crippen LogP contribution in [0.2, 0.25) is 5.02 Å². The summed E-state index contributed by atoms with van der Waals surface area (Å²) in [5.74, 6) is -0.673. The number of halogens is 1. The van der Waals surface area contributed by atoms with E-state index in [1.165, 1.54) is 6.20 Å². The van der Waals surface area contributed by atoms with Crippen molar-refractivity contribution in [1.82, 2.24) is 10.3 Å². The molecule has 2 aromatic rings. The molecule has 0 atom stereocenters. The van der Waals surface area contributed by atoms with Gasteiger partial charge in [-0.1, -0.05) is 30.5 Å². The van der Waals surface area contributed by atoms with Crippen LogP contribution in [0.5, 0.6) is 0 Å². The van der Waals surface area contributed by atoms with Crippen LogP contribution in [0.15, 0.2) is 29.4 Å². The average molecular weight is 404 g/mol. The van der Waals surface area contributed by atoms with Gasteiger partial charge < -0.3 is 21.5 Å². The molecule has 1 fully saturated rings. The molecule has 0 spiro atoms. The Kier molecular flexibility index (Phi) is 5.69. The molecule has 1 aliphatic rings. The fraction of sp³-hybridized carbons (Fsp3) is 0.368. The highest BCUT2D eigenvalue weighted by atomic mass is 35.5. The summed E-state index contributed by atoms with van der Waals surface area (Å²) >= 11 is 6.20. The number of pyridine rings is 1. The normalized spacial score (nSPS) is 15.2. The van der Waals surface area contributed by atoms with Crippen LogP contribution in [0, 0.1) is 0 Å². The Morgan fingerprint density at radius 2 is 2.00 bits per heavy atom. The molecule has 1 aromatic heterocycles. The molecule has 1 saturated carbocycles. The first-order valence-electron chi connectivity index (χ1n) is 9.04. The van der Waals surface area contributed by atoms with Gasteiger partial charge in [-0.2, -0.15) is 4.99 Å². The van der Waals surface area contributed by atoms with Gasteiger partial charge in [-0.25, -0.2) is 9.78 Å². The molecule has 0 saturated heterocycles. The Labute approximate surface area is 167 Å². The maximum atomic E-state index is 12.9. The minimum atomic E-state index is -0.989. The number of carbonyl (C=O) groups is 2. The van der Waals surface area contributed by atoms with Gasteiger partial charge in [0.25, 0.3) is 5.91 Å². The number of nitrogens with one attached hydrogen (secondary N) is 1. The van der Waals surface area contributed by atoms with Crippen LogP contribution >= 0.6 is 11.6 Å². The van der Waals surface area contributed by atoms with Crippen molar-refractivity contribution in [2.75, 3.05) is 6.61 Å². The topological polar surface area (TPSA) is 133 Å². The van der Waals surface area contributed by atoms with Crippen LogP contribution in [0.1, 0.15) is 43.0 Å². The molecule has 1 aromatic carbocycles. The van der Waals surface area contributed by atoms with Crippen molar-refractivity contribution in [3.05, 3.63) is 35.0 Å². The maximum Gasteiger partial charge on any atom is 0.331 e. The number of benzene rings is 1. The minimum absolute atomic E-state index is 0.154. The number of nitrogens with two attached hydrogens (primary N) is 2. The van der Waals surface area contributed by atoms with Crippen molar-refractivity contribution in [3.8, 4) is 0 Å². The summed E-state index contributed by atoms with van der Waals surface area (Å²) < 4.78 is 5.19. The average Bonchev–Trinajstić information content (AvgIpc) is 3.13. The Morgan fingerprint density at radius 1 is 1.29 bits per heavy atom. The lowest BCUT2D eigenvalue weighted by atomic mass is 9.96. The van der Waals surface area contributed by atoms with E-state index >= 15 is 0 Å². The molecule has 8 nitrogen and oxygen atoms in total. The number of fused-ring (bicyclic) bond motifs is 1. The maximum absolute atomic E-state index is 12.9. The van der Waals surface area contributed by atoms with E-state index in [0.717, 1.165) is 12.8 Å². The molecular formula is C19H22ClN5O3. The fourth-order valence-electron chi connectivity index (χ4n) is 3.46. The van der Waals surface area contributed by atoms with E-state index in [1.54, 1.807) is 25.1 Å². The zero-order valence-electron chi connectivity index (χ0n) is 15.5. The van der Waals surface area contributed by atoms with Gasteiger partial charge in [-0.3, -0.25) is 4.79 Å². The summed E-state index contributed by atoms with van der Waals surface area (Å²) in [4.78, 5) is 33.5. The summed E-state index contributed by atoms with van der Waals surface area (Å²) in [6, 6.07) is 4.95. The van der Waals surface area contributed by atoms with Crippen LogP contribution in [0.4, 0.5) is 5.82 Å². The number of esters is 1. The van der Waals surface area contributed by atoms with Crippen molar-refractivity contribution in [2.45, 2.75) is 38.1 Å². The molecule has 0 aliphatic heterocycles. The summed E-state index contributed by atoms with van der Waals surface area (Å²) in [7, 11) is 0. The number of ether oxygens (including phenoxy) is 1. The van der Waals surface area contributed by atoms with Crippen molar-refractivity contribution < 1.29 is 14.3 Å². The van der Waals surface area contributed by atoms with Gasteiger partial charge in [-0.15, -0.1) is 0 Å². The third-order valence-corrected chi connectivity index (χ3v) is 5.09. The van der Waals surface area contributed by atoms with Gasteiger partial charge in [0.1, 0.15) is 5.54 Å². The number of guanidine groups is 1. The lowest BCUT2D eigenvalue weighted by Gasteiger charge is -2.27. The first-order valence-corrected chi connectivity index (χ1v) is 9.42. The van der Waals surface area contributed by atoms with Gasteiger partial charge >= 0.3 is 5.97 Å². The van der Waals surface area contributed by atoms with Crippen molar-refractivity contribution in [2.24, 2.45) is 16.5 Å². The van der Waals surface area contributed by atoms with E-state index in [1.807, 2.05) is 0 Å². The monoisotopic (exact) mass is 403 g/mol. The molecule has 1 aliphatic carbocycles. The Hall–Kier alpha value is -2.87. The quantitative estimate of drug-likeness (QED) is 0.399. The van der Waals surface area contributed by atoms with Crippen molar-refractivity contribution in [1.29, 1.82) is 0 Å². The molecule has 28 heavy (non-hydrogen) atoms. The molecule has 5 N–H and O–H groups in total. The molecule has 3 rings (SSSR count). The van der Waals surface area contributed by atoms with Gasteiger partial charge in [0, 0.05) is 22.5 Å². The SMILES string of the molecule is CCOC(=O)C1(NC(=O)c2ccc3c(Cl)cnc(N=C(N)N)c3c2)CCCC1. The lowest BCUT2D eigenvalue weighted by molar-refractivity contribution is -0.150. The zero-order chi connectivity index (χ0) is 20.3. The molecule has 9 heteroatoms. The number of hydrogen-bond acceptors (Lipinski definition) is 5. The van der Waals surface area contributed by atoms with Crippen LogP contribution in [-0.4, -0.2) is 35.0 Å². The number of rotatable bonds is 5. The fourth-order valence-corrected chi connectivity index (χ4v) is 3.68. The van der Waals surface area contributed by atoms with E-state index in [2.05, 4.69) is 15.3 Å². The number of hydrogen-bond donors (Lipinski definition) is 3. The van der Waals surface area contributed by atoms with E-state index in [9.17, 15) is 9.59 Å². The van der Waals surface area contributed by atoms with E-state index in [-0.39, 0.29) is 24.3 Å². The van der Waals surface area contributed by atoms with Crippen LogP contribution in [0.25, 0.3) is 10.8 Å². The second-order valence-electron chi connectivity index (χ2n) is 6.69. The van der Waals surface area contributed by atoms with Crippen molar-refractivity contribution >= 4 is 46.0 Å². The minimum Gasteiger partial charge on any atom is -0.464 e. The Morgan fingerprint density at radius 3 is 2.64 bits per heavy atom. The van der Waals surface area contributed by atoms with Gasteiger partial charge in [0.2, 0.25) is 0 Å². The number of amides is 1. The zero-order valence-corrected chi connectivity index (χ0v) is 16.3. The standard InChI is InChI=1S/C19H22ClN5O3/c1-2-28-17(27)19(7-3-4-8-19)25-16(26)11-5-6-12-13(9-11)15(24-18(21)22)23-10-14(12)20/h5-6,9-10H,2-4,7-8H2,1H3,(H,25,26)(H4,21,22,23,24). The molecule has 1 amide bonds. The summed E-state index contributed by atoms with van der Waals surface area (Å²) in [6.45, 7) is 2.01. The summed E-state index contributed by atoms with van der Waals surface area (Å²) in [5.41, 5.74) is 10.3. The predicted molar refractivity (Wildman–Crippen MR) is 108 cm³/mol. The highest BCUT2D eigenvalue weighted by Gasteiger charge is 2.44. The molecule has 0 unspecified atom stereocenters. The smallest absolute Gasteiger partial charge is 0.331 e. The Balaban J connectivity index is 1.97. The number of aliphatic imine (C=N–C) groups is 1. The highest BCUT2D eigenvalue weighted by Crippen LogP contribution is 2.33. The lowest BCUT2D eigenvalue weighted by Crippen LogP contribution is -2.53. The van der Waals surface area contributed by atoms with E-state index < -0.39 is 11.5 Å². The second-order valence-corrected chi connectivity index (χ2v) is 7.10. The van der Waals surface area contributed by atoms with E-state index in [4.69, 9.17) is 27.8 Å². The number of nitrogens with zero attached hydrogens (tertiary/aromatic N) is 2. The molecular weight excluding hydrogens is 382 g/mol. The molecule has 0 radical (unpaired) electrons. The van der Waals surface area contributed by atoms with Gasteiger partial charge in [-0.05, 0) is 31.9 Å². The molecule has 0 bridgehead atoms.